The molecule has 0 aliphatic carbocycles. The molecule has 0 saturated heterocycles. The maximum absolute atomic E-state index is 13.9. The molecule has 24 heavy (non-hydrogen) atoms. The van der Waals surface area contributed by atoms with E-state index in [9.17, 15) is 9.18 Å². The SMILES string of the molecule is CCOc1ccc(NC(=O)NC[C@@H](C)n2nc(C)cc2C)c(F)c1. The van der Waals surface area contributed by atoms with Crippen LogP contribution in [0.3, 0.4) is 0 Å². The predicted octanol–water partition coefficient (Wildman–Crippen LogP) is 3.42. The minimum atomic E-state index is -0.539. The number of aromatic nitrogens is 2. The predicted molar refractivity (Wildman–Crippen MR) is 91.0 cm³/mol. The van der Waals surface area contributed by atoms with E-state index in [4.69, 9.17) is 4.74 Å². The minimum absolute atomic E-state index is 0.00497. The molecule has 130 valence electrons. The molecule has 2 rings (SSSR count). The topological polar surface area (TPSA) is 68.2 Å². The summed E-state index contributed by atoms with van der Waals surface area (Å²) in [5, 5.41) is 9.60. The second-order valence-corrected chi connectivity index (χ2v) is 5.63. The fourth-order valence-electron chi connectivity index (χ4n) is 2.44. The van der Waals surface area contributed by atoms with Crippen molar-refractivity contribution in [2.45, 2.75) is 33.7 Å². The van der Waals surface area contributed by atoms with Gasteiger partial charge in [-0.2, -0.15) is 5.10 Å². The normalized spacial score (nSPS) is 11.9. The van der Waals surface area contributed by atoms with Crippen LogP contribution in [0, 0.1) is 19.7 Å². The molecule has 0 radical (unpaired) electrons. The summed E-state index contributed by atoms with van der Waals surface area (Å²) in [5.74, 6) is -0.109. The molecule has 2 aromatic rings. The van der Waals surface area contributed by atoms with Crippen molar-refractivity contribution in [3.05, 3.63) is 41.5 Å². The lowest BCUT2D eigenvalue weighted by Crippen LogP contribution is -2.34. The number of nitrogens with one attached hydrogen (secondary N) is 2. The third kappa shape index (κ3) is 4.47. The minimum Gasteiger partial charge on any atom is -0.494 e. The summed E-state index contributed by atoms with van der Waals surface area (Å²) in [5.41, 5.74) is 2.06. The van der Waals surface area contributed by atoms with E-state index in [1.807, 2.05) is 38.4 Å². The number of hydrogen-bond acceptors (Lipinski definition) is 3. The standard InChI is InChI=1S/C17H23FN4O2/c1-5-24-14-6-7-16(15(18)9-14)20-17(23)19-10-13(4)22-12(3)8-11(2)21-22/h6-9,13H,5,10H2,1-4H3,(H2,19,20,23)/t13-/m1/s1. The number of halogens is 1. The molecule has 1 heterocycles. The second-order valence-electron chi connectivity index (χ2n) is 5.63. The van der Waals surface area contributed by atoms with Crippen LogP contribution in [0.25, 0.3) is 0 Å². The first-order valence-electron chi connectivity index (χ1n) is 7.90. The monoisotopic (exact) mass is 334 g/mol. The van der Waals surface area contributed by atoms with E-state index in [2.05, 4.69) is 15.7 Å². The van der Waals surface area contributed by atoms with Crippen LogP contribution in [-0.2, 0) is 0 Å². The zero-order valence-electron chi connectivity index (χ0n) is 14.4. The highest BCUT2D eigenvalue weighted by atomic mass is 19.1. The van der Waals surface area contributed by atoms with Crippen LogP contribution in [0.1, 0.15) is 31.3 Å². The van der Waals surface area contributed by atoms with Crippen LogP contribution in [-0.4, -0.2) is 29.0 Å². The molecule has 0 unspecified atom stereocenters. The smallest absolute Gasteiger partial charge is 0.319 e. The van der Waals surface area contributed by atoms with Crippen molar-refractivity contribution in [2.75, 3.05) is 18.5 Å². The Morgan fingerprint density at radius 1 is 1.38 bits per heavy atom. The van der Waals surface area contributed by atoms with E-state index in [0.717, 1.165) is 11.4 Å². The zero-order valence-corrected chi connectivity index (χ0v) is 14.4. The van der Waals surface area contributed by atoms with E-state index in [1.54, 1.807) is 6.07 Å². The van der Waals surface area contributed by atoms with E-state index >= 15 is 0 Å². The molecule has 1 aromatic carbocycles. The Hall–Kier alpha value is -2.57. The zero-order chi connectivity index (χ0) is 17.7. The number of rotatable bonds is 6. The van der Waals surface area contributed by atoms with E-state index in [0.29, 0.717) is 18.9 Å². The van der Waals surface area contributed by atoms with Gasteiger partial charge in [-0.05, 0) is 45.9 Å². The van der Waals surface area contributed by atoms with Crippen molar-refractivity contribution in [3.8, 4) is 5.75 Å². The molecule has 0 aliphatic rings. The summed E-state index contributed by atoms with van der Waals surface area (Å²) >= 11 is 0. The summed E-state index contributed by atoms with van der Waals surface area (Å²) in [4.78, 5) is 12.0. The van der Waals surface area contributed by atoms with Crippen molar-refractivity contribution in [2.24, 2.45) is 0 Å². The van der Waals surface area contributed by atoms with E-state index < -0.39 is 11.8 Å². The highest BCUT2D eigenvalue weighted by Gasteiger charge is 2.12. The first kappa shape index (κ1) is 17.8. The van der Waals surface area contributed by atoms with Gasteiger partial charge in [0.05, 0.1) is 24.0 Å². The van der Waals surface area contributed by atoms with Crippen molar-refractivity contribution in [1.82, 2.24) is 15.1 Å². The molecule has 0 spiro atoms. The molecule has 2 N–H and O–H groups in total. The first-order valence-corrected chi connectivity index (χ1v) is 7.90. The Morgan fingerprint density at radius 2 is 2.12 bits per heavy atom. The highest BCUT2D eigenvalue weighted by molar-refractivity contribution is 5.89. The Kier molecular flexibility index (Phi) is 5.78. The van der Waals surface area contributed by atoms with Crippen LogP contribution in [0.15, 0.2) is 24.3 Å². The maximum Gasteiger partial charge on any atom is 0.319 e. The average molecular weight is 334 g/mol. The third-order valence-electron chi connectivity index (χ3n) is 3.52. The molecule has 6 nitrogen and oxygen atoms in total. The van der Waals surface area contributed by atoms with Crippen LogP contribution in [0.2, 0.25) is 0 Å². The van der Waals surface area contributed by atoms with Gasteiger partial charge in [-0.1, -0.05) is 0 Å². The fourth-order valence-corrected chi connectivity index (χ4v) is 2.44. The van der Waals surface area contributed by atoms with Gasteiger partial charge in [0.1, 0.15) is 11.6 Å². The van der Waals surface area contributed by atoms with Crippen molar-refractivity contribution in [1.29, 1.82) is 0 Å². The van der Waals surface area contributed by atoms with Crippen molar-refractivity contribution >= 4 is 11.7 Å². The molecule has 0 fully saturated rings. The number of ether oxygens (including phenoxy) is 1. The van der Waals surface area contributed by atoms with Gasteiger partial charge in [0.2, 0.25) is 0 Å². The van der Waals surface area contributed by atoms with Gasteiger partial charge in [-0.3, -0.25) is 4.68 Å². The van der Waals surface area contributed by atoms with Crippen LogP contribution in [0.4, 0.5) is 14.9 Å². The molecule has 0 aliphatic heterocycles. The lowest BCUT2D eigenvalue weighted by Gasteiger charge is -2.16. The lowest BCUT2D eigenvalue weighted by molar-refractivity contribution is 0.250. The maximum atomic E-state index is 13.9. The number of urea groups is 1. The third-order valence-corrected chi connectivity index (χ3v) is 3.52. The Balaban J connectivity index is 1.90. The number of carbonyl (C=O) groups excluding carboxylic acids is 1. The number of carbonyl (C=O) groups is 1. The van der Waals surface area contributed by atoms with Crippen molar-refractivity contribution < 1.29 is 13.9 Å². The van der Waals surface area contributed by atoms with E-state index in [-0.39, 0.29) is 11.7 Å². The number of nitrogens with zero attached hydrogens (tertiary/aromatic N) is 2. The molecule has 7 heteroatoms. The van der Waals surface area contributed by atoms with Gasteiger partial charge in [0, 0.05) is 18.3 Å². The van der Waals surface area contributed by atoms with Gasteiger partial charge < -0.3 is 15.4 Å². The molecule has 1 atom stereocenters. The number of aryl methyl sites for hydroxylation is 2. The average Bonchev–Trinajstić information content (AvgIpc) is 2.86. The number of hydrogen-bond donors (Lipinski definition) is 2. The second kappa shape index (κ2) is 7.81. The first-order chi connectivity index (χ1) is 11.4. The van der Waals surface area contributed by atoms with Gasteiger partial charge in [-0.25, -0.2) is 9.18 Å². The molecule has 0 bridgehead atoms. The molecular weight excluding hydrogens is 311 g/mol. The highest BCUT2D eigenvalue weighted by Crippen LogP contribution is 2.20. The van der Waals surface area contributed by atoms with Crippen LogP contribution >= 0.6 is 0 Å². The van der Waals surface area contributed by atoms with Gasteiger partial charge in [-0.15, -0.1) is 0 Å². The molecule has 2 amide bonds. The van der Waals surface area contributed by atoms with E-state index in [1.165, 1.54) is 12.1 Å². The largest absolute Gasteiger partial charge is 0.494 e. The number of benzene rings is 1. The quantitative estimate of drug-likeness (QED) is 0.850. The van der Waals surface area contributed by atoms with Gasteiger partial charge in [0.25, 0.3) is 0 Å². The lowest BCUT2D eigenvalue weighted by atomic mass is 10.3. The number of anilines is 1. The summed E-state index contributed by atoms with van der Waals surface area (Å²) in [6.07, 6.45) is 0. The molecule has 1 aromatic heterocycles. The number of amides is 2. The van der Waals surface area contributed by atoms with Crippen LogP contribution in [0.5, 0.6) is 5.75 Å². The summed E-state index contributed by atoms with van der Waals surface area (Å²) in [6, 6.07) is 5.84. The summed E-state index contributed by atoms with van der Waals surface area (Å²) in [7, 11) is 0. The van der Waals surface area contributed by atoms with Gasteiger partial charge >= 0.3 is 6.03 Å². The molecular formula is C17H23FN4O2. The Labute approximate surface area is 141 Å². The Bertz CT molecular complexity index is 715. The van der Waals surface area contributed by atoms with Crippen molar-refractivity contribution in [3.63, 3.8) is 0 Å². The van der Waals surface area contributed by atoms with Gasteiger partial charge in [0.15, 0.2) is 0 Å². The fraction of sp³-hybridized carbons (Fsp3) is 0.412. The van der Waals surface area contributed by atoms with Crippen LogP contribution < -0.4 is 15.4 Å². The Morgan fingerprint density at radius 3 is 2.71 bits per heavy atom. The summed E-state index contributed by atoms with van der Waals surface area (Å²) in [6.45, 7) is 8.50. The molecule has 0 saturated carbocycles. The summed E-state index contributed by atoms with van der Waals surface area (Å²) < 4.78 is 21.0.